The number of benzene rings is 3. The molecule has 2 N–H and O–H groups in total. The van der Waals surface area contributed by atoms with Gasteiger partial charge >= 0.3 is 0 Å². The van der Waals surface area contributed by atoms with Crippen molar-refractivity contribution in [1.82, 2.24) is 0 Å². The summed E-state index contributed by atoms with van der Waals surface area (Å²) in [5.74, 6) is -1.01. The van der Waals surface area contributed by atoms with Crippen molar-refractivity contribution in [3.05, 3.63) is 88.7 Å². The minimum absolute atomic E-state index is 0.0237. The van der Waals surface area contributed by atoms with Crippen LogP contribution in [0.25, 0.3) is 0 Å². The first-order valence-corrected chi connectivity index (χ1v) is 10.1. The average molecular weight is 419 g/mol. The summed E-state index contributed by atoms with van der Waals surface area (Å²) in [4.78, 5) is 12.2. The van der Waals surface area contributed by atoms with E-state index in [9.17, 15) is 17.6 Å². The maximum absolute atomic E-state index is 13.2. The summed E-state index contributed by atoms with van der Waals surface area (Å²) in [5, 5.41) is 3.05. The Balaban J connectivity index is 1.76. The van der Waals surface area contributed by atoms with Gasteiger partial charge in [0.25, 0.3) is 15.9 Å². The van der Waals surface area contributed by atoms with Gasteiger partial charge in [0.1, 0.15) is 5.82 Å². The molecule has 0 atom stereocenters. The van der Waals surface area contributed by atoms with Gasteiger partial charge in [0.15, 0.2) is 0 Å². The molecule has 5 nitrogen and oxygen atoms in total. The third-order valence-corrected chi connectivity index (χ3v) is 5.81. The third-order valence-electron chi connectivity index (χ3n) is 4.02. The summed E-state index contributed by atoms with van der Waals surface area (Å²) in [5.41, 5.74) is 1.55. The smallest absolute Gasteiger partial charge is 0.261 e. The zero-order valence-corrected chi connectivity index (χ0v) is 16.3. The standard InChI is InChI=1S/C20H16ClFN2O3S/c1-13-18(21)6-3-7-19(13)24-28(26,27)17-10-8-16(9-11-17)23-20(25)14-4-2-5-15(22)12-14/h2-12,24H,1H3,(H,23,25). The average Bonchev–Trinajstić information content (AvgIpc) is 2.66. The van der Waals surface area contributed by atoms with Gasteiger partial charge in [-0.15, -0.1) is 0 Å². The van der Waals surface area contributed by atoms with Crippen LogP contribution >= 0.6 is 11.6 Å². The molecule has 0 aliphatic heterocycles. The number of hydrogen-bond acceptors (Lipinski definition) is 3. The van der Waals surface area contributed by atoms with Gasteiger partial charge in [-0.2, -0.15) is 0 Å². The number of nitrogens with one attached hydrogen (secondary N) is 2. The zero-order valence-electron chi connectivity index (χ0n) is 14.7. The van der Waals surface area contributed by atoms with Crippen molar-refractivity contribution in [2.45, 2.75) is 11.8 Å². The Morgan fingerprint density at radius 2 is 1.68 bits per heavy atom. The Kier molecular flexibility index (Phi) is 5.67. The van der Waals surface area contributed by atoms with Gasteiger partial charge in [0.05, 0.1) is 10.6 Å². The molecule has 144 valence electrons. The second kappa shape index (κ2) is 8.00. The van der Waals surface area contributed by atoms with Crippen LogP contribution in [0.15, 0.2) is 71.6 Å². The van der Waals surface area contributed by atoms with E-state index in [1.54, 1.807) is 25.1 Å². The van der Waals surface area contributed by atoms with Gasteiger partial charge in [-0.25, -0.2) is 12.8 Å². The fourth-order valence-corrected chi connectivity index (χ4v) is 3.77. The molecule has 0 heterocycles. The first-order chi connectivity index (χ1) is 13.3. The topological polar surface area (TPSA) is 75.3 Å². The van der Waals surface area contributed by atoms with E-state index in [2.05, 4.69) is 10.0 Å². The van der Waals surface area contributed by atoms with Gasteiger partial charge in [-0.3, -0.25) is 9.52 Å². The first kappa shape index (κ1) is 19.9. The Morgan fingerprint density at radius 1 is 1.00 bits per heavy atom. The predicted octanol–water partition coefficient (Wildman–Crippen LogP) is 4.84. The molecule has 0 spiro atoms. The number of rotatable bonds is 5. The molecule has 28 heavy (non-hydrogen) atoms. The number of hydrogen-bond donors (Lipinski definition) is 2. The molecular weight excluding hydrogens is 403 g/mol. The van der Waals surface area contributed by atoms with Crippen molar-refractivity contribution in [2.24, 2.45) is 0 Å². The van der Waals surface area contributed by atoms with E-state index in [1.807, 2.05) is 0 Å². The summed E-state index contributed by atoms with van der Waals surface area (Å²) in [6.07, 6.45) is 0. The predicted molar refractivity (Wildman–Crippen MR) is 108 cm³/mol. The van der Waals surface area contributed by atoms with Crippen LogP contribution in [0.1, 0.15) is 15.9 Å². The summed E-state index contributed by atoms with van der Waals surface area (Å²) < 4.78 is 40.9. The lowest BCUT2D eigenvalue weighted by molar-refractivity contribution is 0.102. The number of anilines is 2. The van der Waals surface area contributed by atoms with E-state index >= 15 is 0 Å². The molecule has 1 amide bonds. The highest BCUT2D eigenvalue weighted by molar-refractivity contribution is 7.92. The number of carbonyl (C=O) groups is 1. The maximum atomic E-state index is 13.2. The SMILES string of the molecule is Cc1c(Cl)cccc1NS(=O)(=O)c1ccc(NC(=O)c2cccc(F)c2)cc1. The van der Waals surface area contributed by atoms with Crippen molar-refractivity contribution < 1.29 is 17.6 Å². The molecule has 3 rings (SSSR count). The van der Waals surface area contributed by atoms with Crippen molar-refractivity contribution in [3.8, 4) is 0 Å². The van der Waals surface area contributed by atoms with Crippen molar-refractivity contribution in [2.75, 3.05) is 10.0 Å². The van der Waals surface area contributed by atoms with Crippen LogP contribution in [0.3, 0.4) is 0 Å². The molecular formula is C20H16ClFN2O3S. The summed E-state index contributed by atoms with van der Waals surface area (Å²) >= 11 is 6.02. The molecule has 0 radical (unpaired) electrons. The molecule has 0 fully saturated rings. The van der Waals surface area contributed by atoms with Gasteiger partial charge in [0.2, 0.25) is 0 Å². The minimum atomic E-state index is -3.83. The Morgan fingerprint density at radius 3 is 2.36 bits per heavy atom. The monoisotopic (exact) mass is 418 g/mol. The van der Waals surface area contributed by atoms with E-state index in [0.29, 0.717) is 22.0 Å². The minimum Gasteiger partial charge on any atom is -0.322 e. The highest BCUT2D eigenvalue weighted by Crippen LogP contribution is 2.26. The maximum Gasteiger partial charge on any atom is 0.261 e. The van der Waals surface area contributed by atoms with Crippen LogP contribution in [0.2, 0.25) is 5.02 Å². The number of carbonyl (C=O) groups excluding carboxylic acids is 1. The van der Waals surface area contributed by atoms with Crippen LogP contribution in [-0.2, 0) is 10.0 Å². The highest BCUT2D eigenvalue weighted by Gasteiger charge is 2.16. The first-order valence-electron chi connectivity index (χ1n) is 8.21. The fraction of sp³-hybridized carbons (Fsp3) is 0.0500. The molecule has 3 aromatic rings. The fourth-order valence-electron chi connectivity index (χ4n) is 2.47. The molecule has 0 aliphatic rings. The second-order valence-electron chi connectivity index (χ2n) is 6.01. The molecule has 0 saturated carbocycles. The van der Waals surface area contributed by atoms with Crippen molar-refractivity contribution >= 4 is 38.9 Å². The lowest BCUT2D eigenvalue weighted by Gasteiger charge is -2.12. The number of halogens is 2. The van der Waals surface area contributed by atoms with E-state index in [0.717, 1.165) is 6.07 Å². The van der Waals surface area contributed by atoms with E-state index < -0.39 is 21.7 Å². The molecule has 3 aromatic carbocycles. The lowest BCUT2D eigenvalue weighted by atomic mass is 10.2. The zero-order chi connectivity index (χ0) is 20.3. The number of sulfonamides is 1. The Labute approximate surface area is 167 Å². The summed E-state index contributed by atoms with van der Waals surface area (Å²) in [6.45, 7) is 1.71. The molecule has 0 aliphatic carbocycles. The quantitative estimate of drug-likeness (QED) is 0.622. The molecule has 0 unspecified atom stereocenters. The van der Waals surface area contributed by atoms with Crippen LogP contribution in [-0.4, -0.2) is 14.3 Å². The van der Waals surface area contributed by atoms with Gasteiger partial charge < -0.3 is 5.32 Å². The van der Waals surface area contributed by atoms with Gasteiger partial charge in [-0.05, 0) is 67.1 Å². The lowest BCUT2D eigenvalue weighted by Crippen LogP contribution is -2.15. The molecule has 0 saturated heterocycles. The number of amides is 1. The molecule has 0 aromatic heterocycles. The van der Waals surface area contributed by atoms with E-state index in [4.69, 9.17) is 11.6 Å². The largest absolute Gasteiger partial charge is 0.322 e. The Bertz CT molecular complexity index is 1130. The second-order valence-corrected chi connectivity index (χ2v) is 8.10. The summed E-state index contributed by atoms with van der Waals surface area (Å²) in [7, 11) is -3.83. The van der Waals surface area contributed by atoms with Crippen LogP contribution in [0, 0.1) is 12.7 Å². The normalized spacial score (nSPS) is 11.1. The van der Waals surface area contributed by atoms with Gasteiger partial charge in [-0.1, -0.05) is 23.7 Å². The van der Waals surface area contributed by atoms with E-state index in [-0.39, 0.29) is 10.5 Å². The summed E-state index contributed by atoms with van der Waals surface area (Å²) in [6, 6.07) is 15.9. The Hall–Kier alpha value is -2.90. The van der Waals surface area contributed by atoms with E-state index in [1.165, 1.54) is 42.5 Å². The van der Waals surface area contributed by atoms with Crippen LogP contribution in [0.4, 0.5) is 15.8 Å². The van der Waals surface area contributed by atoms with Crippen molar-refractivity contribution in [1.29, 1.82) is 0 Å². The highest BCUT2D eigenvalue weighted by atomic mass is 35.5. The van der Waals surface area contributed by atoms with Crippen molar-refractivity contribution in [3.63, 3.8) is 0 Å². The molecule has 8 heteroatoms. The van der Waals surface area contributed by atoms with Crippen LogP contribution < -0.4 is 10.0 Å². The third kappa shape index (κ3) is 4.49. The van der Waals surface area contributed by atoms with Gasteiger partial charge in [0, 0.05) is 16.3 Å². The van der Waals surface area contributed by atoms with Crippen LogP contribution in [0.5, 0.6) is 0 Å². The molecule has 0 bridgehead atoms.